The van der Waals surface area contributed by atoms with E-state index in [9.17, 15) is 4.79 Å². The van der Waals surface area contributed by atoms with Crippen LogP contribution in [0.5, 0.6) is 5.75 Å². The zero-order chi connectivity index (χ0) is 10.8. The molecule has 1 fully saturated rings. The molecule has 0 radical (unpaired) electrons. The first-order valence-corrected chi connectivity index (χ1v) is 4.62. The molecule has 1 aromatic rings. The van der Waals surface area contributed by atoms with Crippen LogP contribution in [0.4, 0.5) is 5.95 Å². The molecule has 15 heavy (non-hydrogen) atoms. The van der Waals surface area contributed by atoms with Crippen molar-refractivity contribution < 1.29 is 9.53 Å². The van der Waals surface area contributed by atoms with Crippen molar-refractivity contribution in [2.45, 2.75) is 12.5 Å². The highest BCUT2D eigenvalue weighted by molar-refractivity contribution is 5.94. The number of hydrogen-bond acceptors (Lipinski definition) is 5. The van der Waals surface area contributed by atoms with Crippen LogP contribution in [0.3, 0.4) is 0 Å². The predicted octanol–water partition coefficient (Wildman–Crippen LogP) is -0.451. The van der Waals surface area contributed by atoms with Gasteiger partial charge in [-0.05, 0) is 0 Å². The fourth-order valence-corrected chi connectivity index (χ4v) is 1.48. The van der Waals surface area contributed by atoms with Gasteiger partial charge in [0.2, 0.25) is 11.9 Å². The molecular weight excluding hydrogens is 196 g/mol. The molecule has 2 heterocycles. The van der Waals surface area contributed by atoms with Crippen molar-refractivity contribution >= 4 is 11.9 Å². The molecule has 6 heteroatoms. The molecule has 0 aliphatic carbocycles. The molecule has 0 bridgehead atoms. The minimum absolute atomic E-state index is 0.0346. The summed E-state index contributed by atoms with van der Waals surface area (Å²) in [4.78, 5) is 21.0. The van der Waals surface area contributed by atoms with Crippen LogP contribution in [0.15, 0.2) is 12.4 Å². The van der Waals surface area contributed by atoms with E-state index in [1.807, 2.05) is 0 Å². The van der Waals surface area contributed by atoms with Crippen LogP contribution < -0.4 is 15.4 Å². The average Bonchev–Trinajstić information content (AvgIpc) is 2.58. The van der Waals surface area contributed by atoms with Crippen LogP contribution >= 0.6 is 0 Å². The quantitative estimate of drug-likeness (QED) is 0.711. The summed E-state index contributed by atoms with van der Waals surface area (Å²) in [6.45, 7) is 0.477. The number of ether oxygens (including phenoxy) is 1. The van der Waals surface area contributed by atoms with Crippen LogP contribution in [0, 0.1) is 0 Å². The maximum absolute atomic E-state index is 11.5. The number of nitrogens with two attached hydrogens (primary N) is 1. The Balaban J connectivity index is 2.19. The van der Waals surface area contributed by atoms with Crippen molar-refractivity contribution in [3.63, 3.8) is 0 Å². The second kappa shape index (κ2) is 3.82. The molecule has 6 nitrogen and oxygen atoms in total. The number of methoxy groups -OCH3 is 1. The van der Waals surface area contributed by atoms with Gasteiger partial charge in [-0.2, -0.15) is 0 Å². The number of rotatable bonds is 2. The number of amides is 1. The Kier molecular flexibility index (Phi) is 2.51. The molecule has 1 saturated heterocycles. The van der Waals surface area contributed by atoms with Crippen molar-refractivity contribution in [3.8, 4) is 5.75 Å². The molecule has 1 aliphatic rings. The summed E-state index contributed by atoms with van der Waals surface area (Å²) < 4.78 is 4.93. The molecule has 2 rings (SSSR count). The molecule has 1 aliphatic heterocycles. The Morgan fingerprint density at radius 2 is 2.20 bits per heavy atom. The first-order valence-electron chi connectivity index (χ1n) is 4.62. The zero-order valence-electron chi connectivity index (χ0n) is 8.38. The second-order valence-corrected chi connectivity index (χ2v) is 3.39. The number of carbonyl (C=O) groups excluding carboxylic acids is 1. The van der Waals surface area contributed by atoms with Crippen LogP contribution in [0.2, 0.25) is 0 Å². The number of anilines is 1. The van der Waals surface area contributed by atoms with Crippen molar-refractivity contribution in [2.75, 3.05) is 18.6 Å². The maximum atomic E-state index is 11.5. The highest BCUT2D eigenvalue weighted by Crippen LogP contribution is 2.17. The van der Waals surface area contributed by atoms with E-state index in [2.05, 4.69) is 9.97 Å². The van der Waals surface area contributed by atoms with E-state index >= 15 is 0 Å². The molecular formula is C9H12N4O2. The summed E-state index contributed by atoms with van der Waals surface area (Å²) in [6.07, 6.45) is 3.41. The van der Waals surface area contributed by atoms with Crippen LogP contribution in [-0.2, 0) is 4.79 Å². The first kappa shape index (κ1) is 9.85. The van der Waals surface area contributed by atoms with Crippen molar-refractivity contribution in [2.24, 2.45) is 5.73 Å². The van der Waals surface area contributed by atoms with Crippen molar-refractivity contribution in [1.82, 2.24) is 9.97 Å². The number of aromatic nitrogens is 2. The van der Waals surface area contributed by atoms with E-state index in [0.29, 0.717) is 24.7 Å². The fraction of sp³-hybridized carbons (Fsp3) is 0.444. The number of nitrogens with zero attached hydrogens (tertiary/aromatic N) is 3. The number of carbonyl (C=O) groups is 1. The molecule has 0 aromatic carbocycles. The van der Waals surface area contributed by atoms with Crippen LogP contribution in [-0.4, -0.2) is 35.6 Å². The Labute approximate surface area is 87.1 Å². The normalized spacial score (nSPS) is 20.8. The van der Waals surface area contributed by atoms with Gasteiger partial charge >= 0.3 is 0 Å². The van der Waals surface area contributed by atoms with Crippen molar-refractivity contribution in [3.05, 3.63) is 12.4 Å². The second-order valence-electron chi connectivity index (χ2n) is 3.39. The van der Waals surface area contributed by atoms with Gasteiger partial charge in [0.1, 0.15) is 0 Å². The van der Waals surface area contributed by atoms with Crippen molar-refractivity contribution in [1.29, 1.82) is 0 Å². The highest BCUT2D eigenvalue weighted by Gasteiger charge is 2.29. The lowest BCUT2D eigenvalue weighted by Crippen LogP contribution is -2.29. The third kappa shape index (κ3) is 1.89. The summed E-state index contributed by atoms with van der Waals surface area (Å²) >= 11 is 0. The fourth-order valence-electron chi connectivity index (χ4n) is 1.48. The van der Waals surface area contributed by atoms with Gasteiger partial charge < -0.3 is 10.5 Å². The third-order valence-corrected chi connectivity index (χ3v) is 2.25. The SMILES string of the molecule is COc1cnc(N2CC(N)CC2=O)nc1. The summed E-state index contributed by atoms with van der Waals surface area (Å²) in [5.41, 5.74) is 5.67. The van der Waals surface area contributed by atoms with Gasteiger partial charge in [-0.25, -0.2) is 9.97 Å². The zero-order valence-corrected chi connectivity index (χ0v) is 8.38. The van der Waals surface area contributed by atoms with Gasteiger partial charge in [0.05, 0.1) is 19.5 Å². The molecule has 1 aromatic heterocycles. The summed E-state index contributed by atoms with van der Waals surface area (Å²) in [6, 6.07) is -0.122. The molecule has 0 saturated carbocycles. The van der Waals surface area contributed by atoms with Gasteiger partial charge in [-0.15, -0.1) is 0 Å². The lowest BCUT2D eigenvalue weighted by atomic mass is 10.3. The minimum atomic E-state index is -0.122. The topological polar surface area (TPSA) is 81.3 Å². The van der Waals surface area contributed by atoms with E-state index < -0.39 is 0 Å². The monoisotopic (exact) mass is 208 g/mol. The van der Waals surface area contributed by atoms with Gasteiger partial charge in [0.15, 0.2) is 5.75 Å². The van der Waals surface area contributed by atoms with E-state index in [4.69, 9.17) is 10.5 Å². The summed E-state index contributed by atoms with van der Waals surface area (Å²) in [7, 11) is 1.54. The lowest BCUT2D eigenvalue weighted by molar-refractivity contribution is -0.117. The van der Waals surface area contributed by atoms with Gasteiger partial charge in [-0.1, -0.05) is 0 Å². The standard InChI is InChI=1S/C9H12N4O2/c1-15-7-3-11-9(12-4-7)13-5-6(10)2-8(13)14/h3-4,6H,2,5,10H2,1H3. The Bertz CT molecular complexity index is 365. The van der Waals surface area contributed by atoms with Crippen LogP contribution in [0.25, 0.3) is 0 Å². The maximum Gasteiger partial charge on any atom is 0.232 e. The largest absolute Gasteiger partial charge is 0.494 e. The Morgan fingerprint density at radius 1 is 1.53 bits per heavy atom. The molecule has 2 N–H and O–H groups in total. The molecule has 1 amide bonds. The third-order valence-electron chi connectivity index (χ3n) is 2.25. The summed E-state index contributed by atoms with van der Waals surface area (Å²) in [5.74, 6) is 0.913. The predicted molar refractivity (Wildman–Crippen MR) is 53.5 cm³/mol. The summed E-state index contributed by atoms with van der Waals surface area (Å²) in [5, 5.41) is 0. The Morgan fingerprint density at radius 3 is 2.67 bits per heavy atom. The van der Waals surface area contributed by atoms with E-state index in [0.717, 1.165) is 0 Å². The molecule has 1 unspecified atom stereocenters. The highest BCUT2D eigenvalue weighted by atomic mass is 16.5. The van der Waals surface area contributed by atoms with Gasteiger partial charge in [0.25, 0.3) is 0 Å². The first-order chi connectivity index (χ1) is 7.20. The number of hydrogen-bond donors (Lipinski definition) is 1. The van der Waals surface area contributed by atoms with E-state index in [1.54, 1.807) is 0 Å². The lowest BCUT2D eigenvalue weighted by Gasteiger charge is -2.13. The Hall–Kier alpha value is -1.69. The van der Waals surface area contributed by atoms with E-state index in [1.165, 1.54) is 24.4 Å². The van der Waals surface area contributed by atoms with Gasteiger partial charge in [-0.3, -0.25) is 9.69 Å². The minimum Gasteiger partial charge on any atom is -0.494 e. The molecule has 1 atom stereocenters. The molecule has 80 valence electrons. The average molecular weight is 208 g/mol. The van der Waals surface area contributed by atoms with Gasteiger partial charge in [0, 0.05) is 19.0 Å². The van der Waals surface area contributed by atoms with E-state index in [-0.39, 0.29) is 11.9 Å². The smallest absolute Gasteiger partial charge is 0.232 e. The van der Waals surface area contributed by atoms with Crippen LogP contribution in [0.1, 0.15) is 6.42 Å². The molecule has 0 spiro atoms.